The molecule has 0 amide bonds. The number of nitrogens with one attached hydrogen (secondary N) is 1. The largest absolute Gasteiger partial charge is 0.361 e. The first-order valence-electron chi connectivity index (χ1n) is 9.34. The summed E-state index contributed by atoms with van der Waals surface area (Å²) in [5, 5.41) is 1.19. The van der Waals surface area contributed by atoms with Crippen molar-refractivity contribution in [3.05, 3.63) is 107 Å². The molecule has 3 aromatic carbocycles. The van der Waals surface area contributed by atoms with Gasteiger partial charge in [-0.25, -0.2) is 0 Å². The Morgan fingerprint density at radius 2 is 1.59 bits per heavy atom. The lowest BCUT2D eigenvalue weighted by atomic mass is 9.85. The molecule has 0 fully saturated rings. The van der Waals surface area contributed by atoms with Crippen molar-refractivity contribution < 1.29 is 4.79 Å². The van der Waals surface area contributed by atoms with Gasteiger partial charge in [0.15, 0.2) is 5.78 Å². The van der Waals surface area contributed by atoms with Crippen molar-refractivity contribution >= 4 is 16.7 Å². The van der Waals surface area contributed by atoms with Crippen LogP contribution in [-0.4, -0.2) is 10.8 Å². The van der Waals surface area contributed by atoms with Gasteiger partial charge in [0.25, 0.3) is 0 Å². The van der Waals surface area contributed by atoms with E-state index in [0.29, 0.717) is 6.42 Å². The van der Waals surface area contributed by atoms with Crippen LogP contribution in [0.1, 0.15) is 45.0 Å². The molecule has 1 heterocycles. The average molecular weight is 353 g/mol. The lowest BCUT2D eigenvalue weighted by Gasteiger charge is -2.17. The van der Waals surface area contributed by atoms with Crippen LogP contribution in [0.4, 0.5) is 0 Å². The molecule has 0 aliphatic rings. The van der Waals surface area contributed by atoms with E-state index in [9.17, 15) is 4.79 Å². The highest BCUT2D eigenvalue weighted by atomic mass is 16.1. The van der Waals surface area contributed by atoms with E-state index in [-0.39, 0.29) is 11.7 Å². The van der Waals surface area contributed by atoms with Gasteiger partial charge < -0.3 is 4.98 Å². The summed E-state index contributed by atoms with van der Waals surface area (Å²) in [4.78, 5) is 16.4. The number of aromatic nitrogens is 1. The number of fused-ring (bicyclic) bond motifs is 1. The third-order valence-electron chi connectivity index (χ3n) is 5.21. The van der Waals surface area contributed by atoms with Crippen molar-refractivity contribution in [3.63, 3.8) is 0 Å². The minimum absolute atomic E-state index is 0.0229. The predicted octanol–water partition coefficient (Wildman–Crippen LogP) is 6.19. The third-order valence-corrected chi connectivity index (χ3v) is 5.21. The average Bonchev–Trinajstić information content (AvgIpc) is 3.10. The molecule has 2 heteroatoms. The molecule has 0 bridgehead atoms. The van der Waals surface area contributed by atoms with Crippen molar-refractivity contribution in [1.82, 2.24) is 4.98 Å². The molecule has 27 heavy (non-hydrogen) atoms. The zero-order valence-electron chi connectivity index (χ0n) is 15.7. The van der Waals surface area contributed by atoms with Crippen molar-refractivity contribution in [2.24, 2.45) is 0 Å². The molecule has 4 aromatic rings. The van der Waals surface area contributed by atoms with E-state index in [4.69, 9.17) is 0 Å². The van der Waals surface area contributed by atoms with Crippen LogP contribution in [0.15, 0.2) is 79.0 Å². The Kier molecular flexibility index (Phi) is 4.64. The molecule has 0 radical (unpaired) electrons. The van der Waals surface area contributed by atoms with Gasteiger partial charge >= 0.3 is 0 Å². The highest BCUT2D eigenvalue weighted by Gasteiger charge is 2.22. The molecule has 0 aliphatic carbocycles. The maximum Gasteiger partial charge on any atom is 0.163 e. The van der Waals surface area contributed by atoms with Gasteiger partial charge in [0.1, 0.15) is 0 Å². The van der Waals surface area contributed by atoms with Crippen molar-refractivity contribution in [2.75, 3.05) is 0 Å². The summed E-state index contributed by atoms with van der Waals surface area (Å²) < 4.78 is 0. The van der Waals surface area contributed by atoms with Crippen molar-refractivity contribution in [2.45, 2.75) is 26.2 Å². The monoisotopic (exact) mass is 353 g/mol. The maximum absolute atomic E-state index is 13.0. The highest BCUT2D eigenvalue weighted by molar-refractivity contribution is 5.97. The second-order valence-corrected chi connectivity index (χ2v) is 7.25. The van der Waals surface area contributed by atoms with Crippen LogP contribution in [0.25, 0.3) is 10.9 Å². The number of carbonyl (C=O) groups is 1. The van der Waals surface area contributed by atoms with Crippen molar-refractivity contribution in [3.8, 4) is 0 Å². The number of carbonyl (C=O) groups excluding carboxylic acids is 1. The number of aryl methyl sites for hydroxylation is 2. The Morgan fingerprint density at radius 1 is 0.889 bits per heavy atom. The van der Waals surface area contributed by atoms with E-state index in [1.165, 1.54) is 27.6 Å². The number of Topliss-reactive ketones (excluding diaryl/α,β-unsaturated/α-hetero) is 1. The van der Waals surface area contributed by atoms with Gasteiger partial charge in [-0.2, -0.15) is 0 Å². The zero-order valence-corrected chi connectivity index (χ0v) is 15.7. The van der Waals surface area contributed by atoms with Crippen LogP contribution in [0.2, 0.25) is 0 Å². The Bertz CT molecular complexity index is 1070. The molecule has 1 N–H and O–H groups in total. The molecule has 0 spiro atoms. The van der Waals surface area contributed by atoms with Crippen LogP contribution in [0.5, 0.6) is 0 Å². The maximum atomic E-state index is 13.0. The van der Waals surface area contributed by atoms with E-state index in [1.807, 2.05) is 30.3 Å². The normalized spacial score (nSPS) is 12.2. The number of hydrogen-bond acceptors (Lipinski definition) is 1. The second-order valence-electron chi connectivity index (χ2n) is 7.25. The fraction of sp³-hybridized carbons (Fsp3) is 0.160. The number of rotatable bonds is 5. The Labute approximate surface area is 159 Å². The summed E-state index contributed by atoms with van der Waals surface area (Å²) in [6.45, 7) is 4.18. The molecular formula is C25H23NO. The Balaban J connectivity index is 1.78. The van der Waals surface area contributed by atoms with Gasteiger partial charge in [-0.3, -0.25) is 4.79 Å². The quantitative estimate of drug-likeness (QED) is 0.426. The molecule has 0 saturated heterocycles. The molecule has 1 atom stereocenters. The minimum atomic E-state index is 0.0229. The van der Waals surface area contributed by atoms with E-state index >= 15 is 0 Å². The van der Waals surface area contributed by atoms with Gasteiger partial charge in [-0.15, -0.1) is 0 Å². The van der Waals surface area contributed by atoms with E-state index in [1.54, 1.807) is 0 Å². The summed E-state index contributed by atoms with van der Waals surface area (Å²) in [5.74, 6) is 0.192. The summed E-state index contributed by atoms with van der Waals surface area (Å²) >= 11 is 0. The summed E-state index contributed by atoms with van der Waals surface area (Å²) in [5.41, 5.74) is 6.69. The topological polar surface area (TPSA) is 32.9 Å². The lowest BCUT2D eigenvalue weighted by Crippen LogP contribution is -2.09. The highest BCUT2D eigenvalue weighted by Crippen LogP contribution is 2.34. The number of hydrogen-bond donors (Lipinski definition) is 1. The van der Waals surface area contributed by atoms with Gasteiger partial charge in [0, 0.05) is 35.0 Å². The SMILES string of the molecule is Cc1ccc(C(CC(=O)c2ccccc2)c2c[nH]c3cc(C)ccc23)cc1. The number of ketones is 1. The van der Waals surface area contributed by atoms with Crippen LogP contribution in [0, 0.1) is 13.8 Å². The minimum Gasteiger partial charge on any atom is -0.361 e. The molecule has 1 unspecified atom stereocenters. The second kappa shape index (κ2) is 7.24. The van der Waals surface area contributed by atoms with Crippen LogP contribution in [0.3, 0.4) is 0 Å². The molecule has 0 saturated carbocycles. The zero-order chi connectivity index (χ0) is 18.8. The van der Waals surface area contributed by atoms with E-state index in [2.05, 4.69) is 67.5 Å². The third kappa shape index (κ3) is 3.56. The van der Waals surface area contributed by atoms with Gasteiger partial charge in [0.2, 0.25) is 0 Å². The first kappa shape index (κ1) is 17.3. The number of aromatic amines is 1. The van der Waals surface area contributed by atoms with Crippen LogP contribution >= 0.6 is 0 Å². The van der Waals surface area contributed by atoms with Crippen LogP contribution < -0.4 is 0 Å². The first-order valence-corrected chi connectivity index (χ1v) is 9.34. The molecule has 134 valence electrons. The fourth-order valence-corrected chi connectivity index (χ4v) is 3.68. The van der Waals surface area contributed by atoms with Gasteiger partial charge in [0.05, 0.1) is 0 Å². The number of H-pyrrole nitrogens is 1. The smallest absolute Gasteiger partial charge is 0.163 e. The number of benzene rings is 3. The summed E-state index contributed by atoms with van der Waals surface area (Å²) in [6, 6.07) is 24.5. The summed E-state index contributed by atoms with van der Waals surface area (Å²) in [7, 11) is 0. The standard InChI is InChI=1S/C25H23NO/c1-17-8-11-19(12-9-17)22(15-25(27)20-6-4-3-5-7-20)23-16-26-24-14-18(2)10-13-21(23)24/h3-14,16,22,26H,15H2,1-2H3. The first-order chi connectivity index (χ1) is 13.1. The van der Waals surface area contributed by atoms with E-state index < -0.39 is 0 Å². The molecule has 4 rings (SSSR count). The molecule has 1 aromatic heterocycles. The molecular weight excluding hydrogens is 330 g/mol. The lowest BCUT2D eigenvalue weighted by molar-refractivity contribution is 0.0978. The molecule has 0 aliphatic heterocycles. The predicted molar refractivity (Wildman–Crippen MR) is 111 cm³/mol. The Morgan fingerprint density at radius 3 is 2.33 bits per heavy atom. The summed E-state index contributed by atoms with van der Waals surface area (Å²) in [6.07, 6.45) is 2.51. The Hall–Kier alpha value is -3.13. The van der Waals surface area contributed by atoms with Crippen LogP contribution in [-0.2, 0) is 0 Å². The van der Waals surface area contributed by atoms with Gasteiger partial charge in [-0.05, 0) is 36.6 Å². The molecule has 2 nitrogen and oxygen atoms in total. The van der Waals surface area contributed by atoms with Gasteiger partial charge in [-0.1, -0.05) is 72.3 Å². The van der Waals surface area contributed by atoms with Crippen molar-refractivity contribution in [1.29, 1.82) is 0 Å². The fourth-order valence-electron chi connectivity index (χ4n) is 3.68. The van der Waals surface area contributed by atoms with E-state index in [0.717, 1.165) is 11.1 Å².